The van der Waals surface area contributed by atoms with Crippen molar-refractivity contribution in [2.45, 2.75) is 17.8 Å². The minimum absolute atomic E-state index is 0.602. The molecule has 0 aliphatic carbocycles. The Hall–Kier alpha value is -2.18. The second-order valence-electron chi connectivity index (χ2n) is 5.29. The van der Waals surface area contributed by atoms with Gasteiger partial charge in [-0.25, -0.2) is 4.68 Å². The van der Waals surface area contributed by atoms with Crippen LogP contribution in [-0.4, -0.2) is 22.0 Å². The van der Waals surface area contributed by atoms with Crippen molar-refractivity contribution in [1.29, 1.82) is 0 Å². The molecule has 5 nitrogen and oxygen atoms in total. The Labute approximate surface area is 149 Å². The number of hydrogen-bond donors (Lipinski definition) is 1. The fraction of sp³-hybridized carbons (Fsp3) is 0.176. The third kappa shape index (κ3) is 3.49. The van der Waals surface area contributed by atoms with E-state index in [0.29, 0.717) is 21.8 Å². The first-order valence-corrected chi connectivity index (χ1v) is 8.67. The number of nitrogens with two attached hydrogens (primary N) is 1. The van der Waals surface area contributed by atoms with E-state index in [4.69, 9.17) is 22.2 Å². The zero-order valence-corrected chi connectivity index (χ0v) is 14.9. The Balaban J connectivity index is 1.80. The van der Waals surface area contributed by atoms with Crippen molar-refractivity contribution in [3.05, 3.63) is 58.6 Å². The number of aromatic nitrogens is 3. The molecule has 24 heavy (non-hydrogen) atoms. The number of halogens is 1. The van der Waals surface area contributed by atoms with E-state index in [9.17, 15) is 0 Å². The minimum atomic E-state index is 0.602. The van der Waals surface area contributed by atoms with Crippen LogP contribution in [0.5, 0.6) is 5.75 Å². The highest BCUT2D eigenvalue weighted by molar-refractivity contribution is 7.98. The van der Waals surface area contributed by atoms with Gasteiger partial charge >= 0.3 is 0 Å². The summed E-state index contributed by atoms with van der Waals surface area (Å²) in [5.41, 5.74) is 3.15. The molecule has 1 heterocycles. The van der Waals surface area contributed by atoms with Crippen LogP contribution in [0.4, 0.5) is 0 Å². The Morgan fingerprint density at radius 1 is 1.17 bits per heavy atom. The van der Waals surface area contributed by atoms with E-state index in [0.717, 1.165) is 16.9 Å². The third-order valence-corrected chi connectivity index (χ3v) is 4.80. The molecule has 124 valence electrons. The van der Waals surface area contributed by atoms with Crippen molar-refractivity contribution >= 4 is 23.4 Å². The first-order valence-electron chi connectivity index (χ1n) is 7.31. The smallest absolute Gasteiger partial charge is 0.210 e. The van der Waals surface area contributed by atoms with Gasteiger partial charge < -0.3 is 10.6 Å². The maximum atomic E-state index is 6.14. The maximum Gasteiger partial charge on any atom is 0.210 e. The fourth-order valence-electron chi connectivity index (χ4n) is 2.33. The zero-order chi connectivity index (χ0) is 17.1. The van der Waals surface area contributed by atoms with Gasteiger partial charge in [0.15, 0.2) is 5.82 Å². The molecule has 0 unspecified atom stereocenters. The van der Waals surface area contributed by atoms with Gasteiger partial charge in [0.25, 0.3) is 0 Å². The number of nitrogens with zero attached hydrogens (tertiary/aromatic N) is 3. The number of hydrogen-bond acceptors (Lipinski definition) is 5. The quantitative estimate of drug-likeness (QED) is 0.551. The molecule has 2 N–H and O–H groups in total. The van der Waals surface area contributed by atoms with Crippen molar-refractivity contribution in [2.24, 2.45) is 0 Å². The molecule has 2 aromatic carbocycles. The number of rotatable bonds is 5. The van der Waals surface area contributed by atoms with Crippen molar-refractivity contribution in [3.63, 3.8) is 0 Å². The molecule has 0 saturated carbocycles. The molecule has 0 aliphatic rings. The Kier molecular flexibility index (Phi) is 4.97. The van der Waals surface area contributed by atoms with Gasteiger partial charge in [-0.3, -0.25) is 0 Å². The summed E-state index contributed by atoms with van der Waals surface area (Å²) < 4.78 is 6.90. The van der Waals surface area contributed by atoms with Gasteiger partial charge in [0.1, 0.15) is 5.75 Å². The molecule has 3 aromatic rings. The molecule has 7 heteroatoms. The summed E-state index contributed by atoms with van der Waals surface area (Å²) in [6.07, 6.45) is 0. The Morgan fingerprint density at radius 3 is 2.62 bits per heavy atom. The van der Waals surface area contributed by atoms with E-state index in [1.807, 2.05) is 24.3 Å². The van der Waals surface area contributed by atoms with E-state index < -0.39 is 0 Å². The van der Waals surface area contributed by atoms with Crippen LogP contribution in [-0.2, 0) is 5.75 Å². The Morgan fingerprint density at radius 2 is 1.92 bits per heavy atom. The molecule has 0 amide bonds. The van der Waals surface area contributed by atoms with E-state index in [1.165, 1.54) is 22.0 Å². The highest BCUT2D eigenvalue weighted by Gasteiger charge is 2.13. The molecule has 0 fully saturated rings. The number of thioether (sulfide) groups is 1. The van der Waals surface area contributed by atoms with Gasteiger partial charge in [0, 0.05) is 21.9 Å². The summed E-state index contributed by atoms with van der Waals surface area (Å²) in [6, 6.07) is 13.4. The zero-order valence-electron chi connectivity index (χ0n) is 13.4. The van der Waals surface area contributed by atoms with Gasteiger partial charge in [-0.15, -0.1) is 10.2 Å². The highest BCUT2D eigenvalue weighted by Crippen LogP contribution is 2.29. The second kappa shape index (κ2) is 7.15. The van der Waals surface area contributed by atoms with E-state index in [2.05, 4.69) is 23.2 Å². The van der Waals surface area contributed by atoms with Crippen LogP contribution in [0.25, 0.3) is 11.4 Å². The van der Waals surface area contributed by atoms with Gasteiger partial charge in [0.2, 0.25) is 5.16 Å². The van der Waals surface area contributed by atoms with Crippen molar-refractivity contribution in [2.75, 3.05) is 13.0 Å². The predicted octanol–water partition coefficient (Wildman–Crippen LogP) is 3.92. The summed E-state index contributed by atoms with van der Waals surface area (Å²) in [5, 5.41) is 9.68. The standard InChI is InChI=1S/C17H17ClN4OS/c1-11-3-8-15(23-2)13(9-11)10-24-17-21-20-16(22(17)19)12-4-6-14(18)7-5-12/h3-9H,10,19H2,1-2H3. The average Bonchev–Trinajstić information content (AvgIpc) is 2.95. The van der Waals surface area contributed by atoms with Crippen molar-refractivity contribution in [3.8, 4) is 17.1 Å². The van der Waals surface area contributed by atoms with E-state index >= 15 is 0 Å². The number of methoxy groups -OCH3 is 1. The highest BCUT2D eigenvalue weighted by atomic mass is 35.5. The molecule has 0 spiro atoms. The first kappa shape index (κ1) is 16.7. The molecule has 0 saturated heterocycles. The lowest BCUT2D eigenvalue weighted by Gasteiger charge is -2.09. The maximum absolute atomic E-state index is 6.14. The SMILES string of the molecule is COc1ccc(C)cc1CSc1nnc(-c2ccc(Cl)cc2)n1N. The molecule has 0 bridgehead atoms. The number of benzene rings is 2. The normalized spacial score (nSPS) is 10.8. The van der Waals surface area contributed by atoms with Crippen molar-refractivity contribution < 1.29 is 4.74 Å². The minimum Gasteiger partial charge on any atom is -0.496 e. The molecule has 0 radical (unpaired) electrons. The summed E-state index contributed by atoms with van der Waals surface area (Å²) >= 11 is 7.43. The summed E-state index contributed by atoms with van der Waals surface area (Å²) in [4.78, 5) is 0. The lowest BCUT2D eigenvalue weighted by atomic mass is 10.1. The average molecular weight is 361 g/mol. The molecule has 0 aliphatic heterocycles. The van der Waals surface area contributed by atoms with Crippen LogP contribution in [0.3, 0.4) is 0 Å². The van der Waals surface area contributed by atoms with Gasteiger partial charge in [-0.05, 0) is 37.3 Å². The monoisotopic (exact) mass is 360 g/mol. The molecular weight excluding hydrogens is 344 g/mol. The van der Waals surface area contributed by atoms with Crippen LogP contribution < -0.4 is 10.6 Å². The van der Waals surface area contributed by atoms with Crippen LogP contribution in [0, 0.1) is 6.92 Å². The summed E-state index contributed by atoms with van der Waals surface area (Å²) in [7, 11) is 1.67. The van der Waals surface area contributed by atoms with Gasteiger partial charge in [-0.2, -0.15) is 0 Å². The summed E-state index contributed by atoms with van der Waals surface area (Å²) in [6.45, 7) is 2.05. The third-order valence-electron chi connectivity index (χ3n) is 3.56. The Bertz CT molecular complexity index is 848. The fourth-order valence-corrected chi connectivity index (χ4v) is 3.29. The van der Waals surface area contributed by atoms with Gasteiger partial charge in [-0.1, -0.05) is 41.1 Å². The predicted molar refractivity (Wildman–Crippen MR) is 97.9 cm³/mol. The van der Waals surface area contributed by atoms with Crippen molar-refractivity contribution in [1.82, 2.24) is 14.9 Å². The largest absolute Gasteiger partial charge is 0.496 e. The number of ether oxygens (including phenoxy) is 1. The lowest BCUT2D eigenvalue weighted by molar-refractivity contribution is 0.411. The van der Waals surface area contributed by atoms with E-state index in [1.54, 1.807) is 19.2 Å². The van der Waals surface area contributed by atoms with Gasteiger partial charge in [0.05, 0.1) is 7.11 Å². The number of nitrogen functional groups attached to an aromatic ring is 1. The molecular formula is C17H17ClN4OS. The lowest BCUT2D eigenvalue weighted by Crippen LogP contribution is -2.11. The van der Waals surface area contributed by atoms with Crippen LogP contribution in [0.1, 0.15) is 11.1 Å². The van der Waals surface area contributed by atoms with Crippen LogP contribution >= 0.6 is 23.4 Å². The van der Waals surface area contributed by atoms with E-state index in [-0.39, 0.29) is 0 Å². The molecule has 1 aromatic heterocycles. The first-order chi connectivity index (χ1) is 11.6. The second-order valence-corrected chi connectivity index (χ2v) is 6.67. The van der Waals surface area contributed by atoms with Crippen LogP contribution in [0.2, 0.25) is 5.02 Å². The molecule has 0 atom stereocenters. The number of aryl methyl sites for hydroxylation is 1. The summed E-state index contributed by atoms with van der Waals surface area (Å²) in [5.74, 6) is 8.30. The topological polar surface area (TPSA) is 66.0 Å². The van der Waals surface area contributed by atoms with Crippen LogP contribution in [0.15, 0.2) is 47.6 Å². The molecule has 3 rings (SSSR count).